The lowest BCUT2D eigenvalue weighted by Gasteiger charge is -2.35. The van der Waals surface area contributed by atoms with Crippen molar-refractivity contribution in [1.82, 2.24) is 9.55 Å². The Hall–Kier alpha value is -3.52. The Morgan fingerprint density at radius 3 is 2.72 bits per heavy atom. The van der Waals surface area contributed by atoms with Crippen LogP contribution >= 0.6 is 0 Å². The van der Waals surface area contributed by atoms with Gasteiger partial charge in [0.05, 0.1) is 37.1 Å². The third-order valence-corrected chi connectivity index (χ3v) is 10.2. The van der Waals surface area contributed by atoms with Crippen LogP contribution in [0.15, 0.2) is 47.4 Å². The number of benzene rings is 1. The summed E-state index contributed by atoms with van der Waals surface area (Å²) in [6.07, 6.45) is 1.03. The fraction of sp³-hybridized carbons (Fsp3) is 0.357. The number of esters is 2. The lowest BCUT2D eigenvalue weighted by atomic mass is 9.85. The Morgan fingerprint density at radius 2 is 2.03 bits per heavy atom. The van der Waals surface area contributed by atoms with Crippen molar-refractivity contribution in [2.45, 2.75) is 64.6 Å². The van der Waals surface area contributed by atoms with Gasteiger partial charge >= 0.3 is 11.9 Å². The fourth-order valence-corrected chi connectivity index (χ4v) is 6.45. The Bertz CT molecular complexity index is 1510. The van der Waals surface area contributed by atoms with Gasteiger partial charge in [-0.05, 0) is 30.5 Å². The van der Waals surface area contributed by atoms with E-state index in [1.54, 1.807) is 11.5 Å². The number of rotatable bonds is 6. The molecule has 0 radical (unpaired) electrons. The SMILES string of the molecule is C=C[Si](C)(C)CCc1c2c(nc3ccccc13)-c1cc3c(c(=O)n1C2)COC(=O)[C@@]3(CC)OC(C)=O. The minimum atomic E-state index is -1.64. The summed E-state index contributed by atoms with van der Waals surface area (Å²) in [5.41, 5.74) is 5.46. The van der Waals surface area contributed by atoms with Gasteiger partial charge in [-0.2, -0.15) is 0 Å². The Labute approximate surface area is 210 Å². The van der Waals surface area contributed by atoms with Crippen LogP contribution in [-0.2, 0) is 44.2 Å². The number of cyclic esters (lactones) is 1. The largest absolute Gasteiger partial charge is 0.457 e. The summed E-state index contributed by atoms with van der Waals surface area (Å²) in [7, 11) is -1.57. The predicted molar refractivity (Wildman–Crippen MR) is 140 cm³/mol. The van der Waals surface area contributed by atoms with E-state index in [1.807, 2.05) is 24.3 Å². The molecule has 0 fully saturated rings. The first kappa shape index (κ1) is 24.2. The maximum absolute atomic E-state index is 13.7. The van der Waals surface area contributed by atoms with Gasteiger partial charge in [-0.15, -0.1) is 12.3 Å². The minimum absolute atomic E-state index is 0.145. The zero-order chi connectivity index (χ0) is 25.8. The van der Waals surface area contributed by atoms with Crippen molar-refractivity contribution in [3.05, 3.63) is 75.2 Å². The monoisotopic (exact) mass is 502 g/mol. The van der Waals surface area contributed by atoms with E-state index < -0.39 is 25.6 Å². The molecule has 1 aromatic carbocycles. The van der Waals surface area contributed by atoms with E-state index >= 15 is 0 Å². The second-order valence-corrected chi connectivity index (χ2v) is 15.2. The van der Waals surface area contributed by atoms with E-state index in [9.17, 15) is 14.4 Å². The first-order valence-corrected chi connectivity index (χ1v) is 15.6. The molecule has 186 valence electrons. The quantitative estimate of drug-likeness (QED) is 0.282. The van der Waals surface area contributed by atoms with Crippen molar-refractivity contribution in [2.24, 2.45) is 0 Å². The van der Waals surface area contributed by atoms with Crippen LogP contribution in [0.1, 0.15) is 42.5 Å². The van der Waals surface area contributed by atoms with Crippen molar-refractivity contribution in [2.75, 3.05) is 0 Å². The van der Waals surface area contributed by atoms with Gasteiger partial charge in [-0.25, -0.2) is 9.78 Å². The van der Waals surface area contributed by atoms with Crippen molar-refractivity contribution < 1.29 is 19.1 Å². The standard InChI is InChI=1S/C28H30N2O5Si/c1-6-28(35-17(3)31)22-14-24-25-20(15-30(24)26(32)21(22)16-34-27(28)33)18(12-13-36(4,5)7-2)19-10-8-9-11-23(19)29-25/h7-11,14H,2,6,12-13,15-16H2,1,3-5H3/t28-/m0/s1. The van der Waals surface area contributed by atoms with E-state index in [4.69, 9.17) is 14.5 Å². The molecule has 7 nitrogen and oxygen atoms in total. The van der Waals surface area contributed by atoms with E-state index in [1.165, 1.54) is 12.5 Å². The topological polar surface area (TPSA) is 87.5 Å². The summed E-state index contributed by atoms with van der Waals surface area (Å²) in [5, 5.41) is 1.09. The third kappa shape index (κ3) is 3.62. The molecule has 0 spiro atoms. The zero-order valence-electron chi connectivity index (χ0n) is 21.1. The summed E-state index contributed by atoms with van der Waals surface area (Å²) in [6, 6.07) is 10.9. The van der Waals surface area contributed by atoms with Crippen LogP contribution < -0.4 is 5.56 Å². The van der Waals surface area contributed by atoms with E-state index in [-0.39, 0.29) is 18.6 Å². The summed E-state index contributed by atoms with van der Waals surface area (Å²) >= 11 is 0. The second-order valence-electron chi connectivity index (χ2n) is 10.3. The average molecular weight is 503 g/mol. The molecule has 0 saturated heterocycles. The molecule has 0 aliphatic carbocycles. The molecule has 2 aliphatic heterocycles. The number of hydrogen-bond donors (Lipinski definition) is 0. The number of carbonyl (C=O) groups excluding carboxylic acids is 2. The third-order valence-electron chi connectivity index (χ3n) is 7.57. The lowest BCUT2D eigenvalue weighted by molar-refractivity contribution is -0.188. The predicted octanol–water partition coefficient (Wildman–Crippen LogP) is 4.63. The molecule has 36 heavy (non-hydrogen) atoms. The molecule has 2 aliphatic rings. The molecule has 0 unspecified atom stereocenters. The van der Waals surface area contributed by atoms with Gasteiger partial charge < -0.3 is 14.0 Å². The summed E-state index contributed by atoms with van der Waals surface area (Å²) < 4.78 is 12.6. The molecule has 5 rings (SSSR count). The number of ether oxygens (including phenoxy) is 2. The van der Waals surface area contributed by atoms with Crippen molar-refractivity contribution in [3.8, 4) is 11.4 Å². The Kier molecular flexibility index (Phi) is 5.74. The number of fused-ring (bicyclic) bond motifs is 5. The van der Waals surface area contributed by atoms with Crippen LogP contribution in [0.25, 0.3) is 22.3 Å². The molecule has 2 aromatic heterocycles. The molecule has 8 heteroatoms. The van der Waals surface area contributed by atoms with Gasteiger partial charge in [-0.3, -0.25) is 9.59 Å². The molecular weight excluding hydrogens is 472 g/mol. The van der Waals surface area contributed by atoms with Gasteiger partial charge in [0.15, 0.2) is 0 Å². The number of pyridine rings is 2. The van der Waals surface area contributed by atoms with Crippen LogP contribution in [0, 0.1) is 0 Å². The molecular formula is C28H30N2O5Si. The first-order chi connectivity index (χ1) is 17.1. The van der Waals surface area contributed by atoms with Gasteiger partial charge in [0.1, 0.15) is 6.61 Å². The highest BCUT2D eigenvalue weighted by atomic mass is 28.3. The number of aromatic nitrogens is 2. The maximum atomic E-state index is 13.7. The average Bonchev–Trinajstić information content (AvgIpc) is 3.22. The number of nitrogens with zero attached hydrogens (tertiary/aromatic N) is 2. The number of para-hydroxylation sites is 1. The first-order valence-electron chi connectivity index (χ1n) is 12.3. The molecule has 1 atom stereocenters. The highest BCUT2D eigenvalue weighted by Crippen LogP contribution is 2.42. The van der Waals surface area contributed by atoms with Gasteiger partial charge in [0.2, 0.25) is 5.60 Å². The number of aryl methyl sites for hydroxylation is 1. The molecule has 0 N–H and O–H groups in total. The minimum Gasteiger partial charge on any atom is -0.457 e. The van der Waals surface area contributed by atoms with E-state index in [0.717, 1.165) is 34.6 Å². The summed E-state index contributed by atoms with van der Waals surface area (Å²) in [6.45, 7) is 11.9. The Morgan fingerprint density at radius 1 is 1.28 bits per heavy atom. The molecule has 4 heterocycles. The smallest absolute Gasteiger partial charge is 0.355 e. The van der Waals surface area contributed by atoms with Crippen LogP contribution in [0.2, 0.25) is 19.1 Å². The van der Waals surface area contributed by atoms with Gasteiger partial charge in [0.25, 0.3) is 5.56 Å². The zero-order valence-corrected chi connectivity index (χ0v) is 22.1. The maximum Gasteiger partial charge on any atom is 0.355 e. The van der Waals surface area contributed by atoms with Crippen molar-refractivity contribution in [1.29, 1.82) is 0 Å². The fourth-order valence-electron chi connectivity index (χ4n) is 5.35. The van der Waals surface area contributed by atoms with Crippen LogP contribution in [0.4, 0.5) is 0 Å². The lowest BCUT2D eigenvalue weighted by Crippen LogP contribution is -2.47. The van der Waals surface area contributed by atoms with E-state index in [2.05, 4.69) is 31.4 Å². The molecule has 0 amide bonds. The van der Waals surface area contributed by atoms with Crippen LogP contribution in [0.5, 0.6) is 0 Å². The normalized spacial score (nSPS) is 18.3. The number of carbonyl (C=O) groups is 2. The Balaban J connectivity index is 1.75. The van der Waals surface area contributed by atoms with E-state index in [0.29, 0.717) is 23.4 Å². The molecule has 3 aromatic rings. The van der Waals surface area contributed by atoms with Crippen molar-refractivity contribution in [3.63, 3.8) is 0 Å². The number of hydrogen-bond acceptors (Lipinski definition) is 6. The molecule has 0 bridgehead atoms. The van der Waals surface area contributed by atoms with Crippen LogP contribution in [-0.4, -0.2) is 29.6 Å². The van der Waals surface area contributed by atoms with Gasteiger partial charge in [-0.1, -0.05) is 44.3 Å². The summed E-state index contributed by atoms with van der Waals surface area (Å²) in [5.74, 6) is -1.26. The summed E-state index contributed by atoms with van der Waals surface area (Å²) in [4.78, 5) is 43.6. The van der Waals surface area contributed by atoms with Crippen LogP contribution in [0.3, 0.4) is 0 Å². The molecule has 0 saturated carbocycles. The highest BCUT2D eigenvalue weighted by Gasteiger charge is 2.50. The van der Waals surface area contributed by atoms with Crippen molar-refractivity contribution >= 4 is 30.9 Å². The highest BCUT2D eigenvalue weighted by molar-refractivity contribution is 6.82. The second kappa shape index (κ2) is 8.55. The van der Waals surface area contributed by atoms with Gasteiger partial charge in [0, 0.05) is 23.4 Å².